The maximum absolute atomic E-state index is 13.7. The zero-order valence-electron chi connectivity index (χ0n) is 18.1. The zero-order chi connectivity index (χ0) is 22.1. The fourth-order valence-corrected chi connectivity index (χ4v) is 3.30. The van der Waals surface area contributed by atoms with Crippen LogP contribution < -0.4 is 15.5 Å². The molecule has 1 fully saturated rings. The molecule has 0 saturated carbocycles. The van der Waals surface area contributed by atoms with Crippen LogP contribution in [0.1, 0.15) is 24.5 Å². The second kappa shape index (κ2) is 11.2. The van der Waals surface area contributed by atoms with E-state index >= 15 is 0 Å². The summed E-state index contributed by atoms with van der Waals surface area (Å²) in [4.78, 5) is 29.6. The third kappa shape index (κ3) is 6.63. The fraction of sp³-hybridized carbons (Fsp3) is 0.455. The van der Waals surface area contributed by atoms with E-state index in [-0.39, 0.29) is 11.7 Å². The molecular formula is C22H30FN7O. The predicted molar refractivity (Wildman–Crippen MR) is 119 cm³/mol. The van der Waals surface area contributed by atoms with Gasteiger partial charge in [0.25, 0.3) is 0 Å². The summed E-state index contributed by atoms with van der Waals surface area (Å²) >= 11 is 0. The number of anilines is 1. The number of aromatic nitrogens is 2. The summed E-state index contributed by atoms with van der Waals surface area (Å²) in [5.74, 6) is 1.20. The Bertz CT molecular complexity index is 883. The normalized spacial score (nSPS) is 14.5. The molecular weight excluding hydrogens is 397 g/mol. The minimum Gasteiger partial charge on any atom is -0.357 e. The van der Waals surface area contributed by atoms with Crippen LogP contribution in [0.15, 0.2) is 41.7 Å². The van der Waals surface area contributed by atoms with E-state index in [0.717, 1.165) is 18.7 Å². The van der Waals surface area contributed by atoms with E-state index in [9.17, 15) is 9.18 Å². The standard InChI is InChI=1S/C22H30FN7O/c1-3-24-21(28-16-18-6-5-17(2)19(23)15-18)25-10-7-20(31)29-11-13-30(14-12-29)22-26-8-4-9-27-22/h4-6,8-9,15H,3,7,10-14,16H2,1-2H3,(H2,24,25,28). The highest BCUT2D eigenvalue weighted by atomic mass is 19.1. The number of carbonyl (C=O) groups excluding carboxylic acids is 1. The molecule has 1 aromatic carbocycles. The van der Waals surface area contributed by atoms with Crippen molar-refractivity contribution in [3.8, 4) is 0 Å². The number of hydrogen-bond donors (Lipinski definition) is 2. The van der Waals surface area contributed by atoms with Crippen molar-refractivity contribution in [2.75, 3.05) is 44.2 Å². The first-order chi connectivity index (χ1) is 15.1. The van der Waals surface area contributed by atoms with Crippen molar-refractivity contribution in [1.82, 2.24) is 25.5 Å². The summed E-state index contributed by atoms with van der Waals surface area (Å²) in [7, 11) is 0. The van der Waals surface area contributed by atoms with E-state index < -0.39 is 0 Å². The second-order valence-corrected chi connectivity index (χ2v) is 7.37. The SMILES string of the molecule is CCNC(=NCc1ccc(C)c(F)c1)NCCC(=O)N1CCN(c2ncccn2)CC1. The number of aliphatic imine (C=N–C) groups is 1. The summed E-state index contributed by atoms with van der Waals surface area (Å²) in [6, 6.07) is 6.92. The summed E-state index contributed by atoms with van der Waals surface area (Å²) in [6.45, 7) is 8.02. The molecule has 31 heavy (non-hydrogen) atoms. The Labute approximate surface area is 182 Å². The molecule has 0 atom stereocenters. The van der Waals surface area contributed by atoms with Gasteiger partial charge in [0.1, 0.15) is 5.82 Å². The Hall–Kier alpha value is -3.23. The zero-order valence-corrected chi connectivity index (χ0v) is 18.1. The van der Waals surface area contributed by atoms with Crippen LogP contribution in [-0.4, -0.2) is 66.0 Å². The number of carbonyl (C=O) groups is 1. The molecule has 2 aromatic rings. The quantitative estimate of drug-likeness (QED) is 0.517. The molecule has 0 radical (unpaired) electrons. The van der Waals surface area contributed by atoms with Gasteiger partial charge in [-0.05, 0) is 37.1 Å². The van der Waals surface area contributed by atoms with Crippen LogP contribution in [0.5, 0.6) is 0 Å². The Morgan fingerprint density at radius 1 is 1.16 bits per heavy atom. The van der Waals surface area contributed by atoms with Crippen LogP contribution in [0.3, 0.4) is 0 Å². The Balaban J connectivity index is 1.43. The second-order valence-electron chi connectivity index (χ2n) is 7.37. The first-order valence-electron chi connectivity index (χ1n) is 10.6. The monoisotopic (exact) mass is 427 g/mol. The lowest BCUT2D eigenvalue weighted by Crippen LogP contribution is -2.50. The largest absolute Gasteiger partial charge is 0.357 e. The molecule has 1 saturated heterocycles. The van der Waals surface area contributed by atoms with Gasteiger partial charge in [0.15, 0.2) is 5.96 Å². The average molecular weight is 428 g/mol. The molecule has 8 nitrogen and oxygen atoms in total. The summed E-state index contributed by atoms with van der Waals surface area (Å²) < 4.78 is 13.7. The lowest BCUT2D eigenvalue weighted by molar-refractivity contribution is -0.131. The third-order valence-electron chi connectivity index (χ3n) is 5.10. The molecule has 0 bridgehead atoms. The average Bonchev–Trinajstić information content (AvgIpc) is 2.80. The number of amides is 1. The van der Waals surface area contributed by atoms with Gasteiger partial charge < -0.3 is 20.4 Å². The summed E-state index contributed by atoms with van der Waals surface area (Å²) in [5.41, 5.74) is 1.42. The Morgan fingerprint density at radius 3 is 2.58 bits per heavy atom. The van der Waals surface area contributed by atoms with E-state index in [1.807, 2.05) is 17.9 Å². The van der Waals surface area contributed by atoms with Gasteiger partial charge in [0.05, 0.1) is 6.54 Å². The van der Waals surface area contributed by atoms with E-state index in [4.69, 9.17) is 0 Å². The summed E-state index contributed by atoms with van der Waals surface area (Å²) in [5, 5.41) is 6.34. The number of benzene rings is 1. The van der Waals surface area contributed by atoms with E-state index in [1.54, 1.807) is 31.5 Å². The number of nitrogens with zero attached hydrogens (tertiary/aromatic N) is 5. The minimum absolute atomic E-state index is 0.109. The van der Waals surface area contributed by atoms with Gasteiger partial charge >= 0.3 is 0 Å². The van der Waals surface area contributed by atoms with Gasteiger partial charge in [-0.2, -0.15) is 0 Å². The molecule has 9 heteroatoms. The molecule has 1 aliphatic heterocycles. The molecule has 0 spiro atoms. The highest BCUT2D eigenvalue weighted by Crippen LogP contribution is 2.11. The van der Waals surface area contributed by atoms with Crippen LogP contribution in [0.2, 0.25) is 0 Å². The highest BCUT2D eigenvalue weighted by Gasteiger charge is 2.22. The van der Waals surface area contributed by atoms with Gasteiger partial charge in [-0.1, -0.05) is 12.1 Å². The molecule has 3 rings (SSSR count). The third-order valence-corrected chi connectivity index (χ3v) is 5.10. The molecule has 166 valence electrons. The number of aryl methyl sites for hydroxylation is 1. The van der Waals surface area contributed by atoms with Gasteiger partial charge in [-0.15, -0.1) is 0 Å². The highest BCUT2D eigenvalue weighted by molar-refractivity contribution is 5.81. The van der Waals surface area contributed by atoms with Gasteiger partial charge in [-0.25, -0.2) is 19.4 Å². The maximum atomic E-state index is 13.7. The molecule has 1 amide bonds. The van der Waals surface area contributed by atoms with E-state index in [0.29, 0.717) is 56.6 Å². The number of hydrogen-bond acceptors (Lipinski definition) is 5. The molecule has 0 unspecified atom stereocenters. The first-order valence-corrected chi connectivity index (χ1v) is 10.6. The van der Waals surface area contributed by atoms with E-state index in [2.05, 4.69) is 30.5 Å². The fourth-order valence-electron chi connectivity index (χ4n) is 3.30. The number of nitrogens with one attached hydrogen (secondary N) is 2. The number of piperazine rings is 1. The molecule has 2 N–H and O–H groups in total. The smallest absolute Gasteiger partial charge is 0.225 e. The van der Waals surface area contributed by atoms with Crippen LogP contribution in [0.25, 0.3) is 0 Å². The lowest BCUT2D eigenvalue weighted by atomic mass is 10.1. The molecule has 0 aliphatic carbocycles. The molecule has 1 aromatic heterocycles. The van der Waals surface area contributed by atoms with Crippen molar-refractivity contribution in [3.05, 3.63) is 53.6 Å². The number of rotatable bonds is 7. The number of halogens is 1. The van der Waals surface area contributed by atoms with Crippen molar-refractivity contribution in [3.63, 3.8) is 0 Å². The van der Waals surface area contributed by atoms with Crippen LogP contribution in [-0.2, 0) is 11.3 Å². The van der Waals surface area contributed by atoms with Crippen LogP contribution >= 0.6 is 0 Å². The molecule has 1 aliphatic rings. The topological polar surface area (TPSA) is 85.8 Å². The number of guanidine groups is 1. The van der Waals surface area contributed by atoms with Crippen molar-refractivity contribution >= 4 is 17.8 Å². The van der Waals surface area contributed by atoms with Crippen molar-refractivity contribution < 1.29 is 9.18 Å². The lowest BCUT2D eigenvalue weighted by Gasteiger charge is -2.34. The van der Waals surface area contributed by atoms with Gasteiger partial charge in [0, 0.05) is 58.1 Å². The van der Waals surface area contributed by atoms with Crippen molar-refractivity contribution in [2.24, 2.45) is 4.99 Å². The van der Waals surface area contributed by atoms with Crippen LogP contribution in [0, 0.1) is 12.7 Å². The summed E-state index contributed by atoms with van der Waals surface area (Å²) in [6.07, 6.45) is 3.83. The Kier molecular flexibility index (Phi) is 8.14. The minimum atomic E-state index is -0.227. The maximum Gasteiger partial charge on any atom is 0.225 e. The first kappa shape index (κ1) is 22.5. The molecule has 2 heterocycles. The van der Waals surface area contributed by atoms with Crippen molar-refractivity contribution in [1.29, 1.82) is 0 Å². The Morgan fingerprint density at radius 2 is 1.90 bits per heavy atom. The van der Waals surface area contributed by atoms with Gasteiger partial charge in [-0.3, -0.25) is 4.79 Å². The van der Waals surface area contributed by atoms with Crippen molar-refractivity contribution in [2.45, 2.75) is 26.8 Å². The van der Waals surface area contributed by atoms with Crippen LogP contribution in [0.4, 0.5) is 10.3 Å². The predicted octanol–water partition coefficient (Wildman–Crippen LogP) is 1.72. The van der Waals surface area contributed by atoms with E-state index in [1.165, 1.54) is 6.07 Å². The van der Waals surface area contributed by atoms with Gasteiger partial charge in [0.2, 0.25) is 11.9 Å².